The Bertz CT molecular complexity index is 1220. The average Bonchev–Trinajstić information content (AvgIpc) is 3.16. The molecular weight excluding hydrogens is 378 g/mol. The maximum atomic E-state index is 12.5. The molecule has 0 saturated heterocycles. The number of aryl methyl sites for hydroxylation is 3. The minimum absolute atomic E-state index is 0.244. The standard InChI is InChI=1S/C23H23N5O2/c1-13-9-20(24)27-15(3)18(13)11-25-23(29)19-12-30-21(28-19)10-17-6-4-5-16-8-7-14(2)26-22(16)17/h4-9,12H,10-11H2,1-3H3,(H2,24,27)(H,25,29). The van der Waals surface area contributed by atoms with E-state index >= 15 is 0 Å². The van der Waals surface area contributed by atoms with E-state index in [0.29, 0.717) is 24.7 Å². The van der Waals surface area contributed by atoms with Crippen LogP contribution in [0.5, 0.6) is 0 Å². The van der Waals surface area contributed by atoms with E-state index in [-0.39, 0.29) is 11.6 Å². The number of nitrogens with two attached hydrogens (primary N) is 1. The van der Waals surface area contributed by atoms with E-state index in [1.807, 2.05) is 51.1 Å². The third-order valence-corrected chi connectivity index (χ3v) is 5.07. The number of aromatic nitrogens is 3. The number of oxazole rings is 1. The lowest BCUT2D eigenvalue weighted by Gasteiger charge is -2.10. The molecule has 0 unspecified atom stereocenters. The molecule has 0 aliphatic carbocycles. The van der Waals surface area contributed by atoms with Gasteiger partial charge in [-0.1, -0.05) is 24.3 Å². The van der Waals surface area contributed by atoms with E-state index in [9.17, 15) is 4.79 Å². The normalized spacial score (nSPS) is 11.0. The summed E-state index contributed by atoms with van der Waals surface area (Å²) < 4.78 is 5.56. The third kappa shape index (κ3) is 4.00. The Morgan fingerprint density at radius 3 is 2.73 bits per heavy atom. The fourth-order valence-corrected chi connectivity index (χ4v) is 3.52. The number of nitrogens with one attached hydrogen (secondary N) is 1. The lowest BCUT2D eigenvalue weighted by molar-refractivity contribution is 0.0945. The highest BCUT2D eigenvalue weighted by molar-refractivity contribution is 5.92. The van der Waals surface area contributed by atoms with Crippen molar-refractivity contribution in [2.45, 2.75) is 33.7 Å². The van der Waals surface area contributed by atoms with Crippen LogP contribution in [0.3, 0.4) is 0 Å². The van der Waals surface area contributed by atoms with Crippen molar-refractivity contribution in [3.63, 3.8) is 0 Å². The van der Waals surface area contributed by atoms with Gasteiger partial charge in [0.25, 0.3) is 5.91 Å². The first-order valence-corrected chi connectivity index (χ1v) is 9.71. The smallest absolute Gasteiger partial charge is 0.273 e. The van der Waals surface area contributed by atoms with Crippen molar-refractivity contribution in [1.29, 1.82) is 0 Å². The minimum Gasteiger partial charge on any atom is -0.448 e. The van der Waals surface area contributed by atoms with Crippen LogP contribution in [0.2, 0.25) is 0 Å². The number of carbonyl (C=O) groups is 1. The molecule has 4 aromatic rings. The number of fused-ring (bicyclic) bond motifs is 1. The number of nitrogen functional groups attached to an aromatic ring is 1. The molecule has 3 aromatic heterocycles. The Hall–Kier alpha value is -3.74. The maximum Gasteiger partial charge on any atom is 0.273 e. The van der Waals surface area contributed by atoms with Crippen molar-refractivity contribution in [3.8, 4) is 0 Å². The zero-order valence-corrected chi connectivity index (χ0v) is 17.2. The van der Waals surface area contributed by atoms with Gasteiger partial charge in [-0.15, -0.1) is 0 Å². The Morgan fingerprint density at radius 2 is 1.93 bits per heavy atom. The number of amides is 1. The fourth-order valence-electron chi connectivity index (χ4n) is 3.52. The van der Waals surface area contributed by atoms with Gasteiger partial charge in [-0.2, -0.15) is 0 Å². The molecule has 0 saturated carbocycles. The predicted octanol–water partition coefficient (Wildman–Crippen LogP) is 3.65. The number of anilines is 1. The molecule has 0 radical (unpaired) electrons. The second-order valence-electron chi connectivity index (χ2n) is 7.36. The molecule has 30 heavy (non-hydrogen) atoms. The van der Waals surface area contributed by atoms with Gasteiger partial charge in [-0.05, 0) is 49.6 Å². The monoisotopic (exact) mass is 401 g/mol. The zero-order valence-electron chi connectivity index (χ0n) is 17.2. The van der Waals surface area contributed by atoms with Crippen LogP contribution in [-0.4, -0.2) is 20.9 Å². The van der Waals surface area contributed by atoms with E-state index < -0.39 is 0 Å². The largest absolute Gasteiger partial charge is 0.448 e. The quantitative estimate of drug-likeness (QED) is 0.529. The summed E-state index contributed by atoms with van der Waals surface area (Å²) in [6, 6.07) is 11.8. The molecule has 0 spiro atoms. The molecule has 0 fully saturated rings. The molecule has 3 N–H and O–H groups in total. The first-order chi connectivity index (χ1) is 14.4. The maximum absolute atomic E-state index is 12.5. The third-order valence-electron chi connectivity index (χ3n) is 5.07. The second-order valence-corrected chi connectivity index (χ2v) is 7.36. The number of hydrogen-bond donors (Lipinski definition) is 2. The van der Waals surface area contributed by atoms with Gasteiger partial charge in [-0.25, -0.2) is 9.97 Å². The topological polar surface area (TPSA) is 107 Å². The van der Waals surface area contributed by atoms with Gasteiger partial charge >= 0.3 is 0 Å². The highest BCUT2D eigenvalue weighted by atomic mass is 16.3. The van der Waals surface area contributed by atoms with Crippen molar-refractivity contribution in [3.05, 3.63) is 82.3 Å². The molecule has 7 heteroatoms. The number of para-hydroxylation sites is 1. The Kier molecular flexibility index (Phi) is 5.18. The summed E-state index contributed by atoms with van der Waals surface area (Å²) in [5, 5.41) is 3.94. The first kappa shape index (κ1) is 19.6. The number of nitrogens with zero attached hydrogens (tertiary/aromatic N) is 3. The first-order valence-electron chi connectivity index (χ1n) is 9.71. The number of carbonyl (C=O) groups excluding carboxylic acids is 1. The summed E-state index contributed by atoms with van der Waals surface area (Å²) in [6.07, 6.45) is 1.84. The van der Waals surface area contributed by atoms with E-state index in [0.717, 1.165) is 39.0 Å². The lowest BCUT2D eigenvalue weighted by atomic mass is 10.1. The zero-order chi connectivity index (χ0) is 21.3. The Balaban J connectivity index is 1.48. The molecule has 1 amide bonds. The Labute approximate surface area is 174 Å². The van der Waals surface area contributed by atoms with Gasteiger partial charge in [0.2, 0.25) is 0 Å². The number of benzene rings is 1. The van der Waals surface area contributed by atoms with Crippen LogP contribution < -0.4 is 11.1 Å². The van der Waals surface area contributed by atoms with Crippen LogP contribution in [0.1, 0.15) is 44.5 Å². The summed E-state index contributed by atoms with van der Waals surface area (Å²) in [6.45, 7) is 6.13. The van der Waals surface area contributed by atoms with Crippen LogP contribution in [0, 0.1) is 20.8 Å². The van der Waals surface area contributed by atoms with Gasteiger partial charge in [-0.3, -0.25) is 9.78 Å². The summed E-state index contributed by atoms with van der Waals surface area (Å²) in [5.74, 6) is 0.643. The molecule has 152 valence electrons. The summed E-state index contributed by atoms with van der Waals surface area (Å²) in [5.41, 5.74) is 11.6. The van der Waals surface area contributed by atoms with Crippen LogP contribution in [-0.2, 0) is 13.0 Å². The second kappa shape index (κ2) is 7.94. The number of pyridine rings is 2. The molecule has 3 heterocycles. The highest BCUT2D eigenvalue weighted by Crippen LogP contribution is 2.20. The molecule has 0 aliphatic rings. The van der Waals surface area contributed by atoms with E-state index in [2.05, 4.69) is 20.3 Å². The van der Waals surface area contributed by atoms with E-state index in [1.54, 1.807) is 6.07 Å². The van der Waals surface area contributed by atoms with Gasteiger partial charge in [0.05, 0.1) is 11.9 Å². The average molecular weight is 401 g/mol. The van der Waals surface area contributed by atoms with E-state index in [4.69, 9.17) is 10.2 Å². The summed E-state index contributed by atoms with van der Waals surface area (Å²) >= 11 is 0. The van der Waals surface area contributed by atoms with E-state index in [1.165, 1.54) is 6.26 Å². The van der Waals surface area contributed by atoms with Crippen LogP contribution >= 0.6 is 0 Å². The molecule has 7 nitrogen and oxygen atoms in total. The number of hydrogen-bond acceptors (Lipinski definition) is 6. The summed E-state index contributed by atoms with van der Waals surface area (Å²) in [7, 11) is 0. The van der Waals surface area contributed by atoms with Gasteiger partial charge in [0.1, 0.15) is 12.1 Å². The predicted molar refractivity (Wildman–Crippen MR) is 115 cm³/mol. The molecular formula is C23H23N5O2. The van der Waals surface area contributed by atoms with Crippen LogP contribution in [0.25, 0.3) is 10.9 Å². The van der Waals surface area contributed by atoms with Crippen LogP contribution in [0.15, 0.2) is 47.1 Å². The fraction of sp³-hybridized carbons (Fsp3) is 0.217. The minimum atomic E-state index is -0.299. The summed E-state index contributed by atoms with van der Waals surface area (Å²) in [4.78, 5) is 25.8. The SMILES string of the molecule is Cc1ccc2cccc(Cc3nc(C(=O)NCc4c(C)cc(N)nc4C)co3)c2n1. The highest BCUT2D eigenvalue weighted by Gasteiger charge is 2.15. The van der Waals surface area contributed by atoms with Crippen molar-refractivity contribution < 1.29 is 9.21 Å². The molecule has 0 bridgehead atoms. The Morgan fingerprint density at radius 1 is 1.10 bits per heavy atom. The lowest BCUT2D eigenvalue weighted by Crippen LogP contribution is -2.24. The molecule has 0 aliphatic heterocycles. The van der Waals surface area contributed by atoms with Crippen molar-refractivity contribution in [2.75, 3.05) is 5.73 Å². The number of rotatable bonds is 5. The van der Waals surface area contributed by atoms with Crippen molar-refractivity contribution >= 4 is 22.6 Å². The van der Waals surface area contributed by atoms with Gasteiger partial charge < -0.3 is 15.5 Å². The molecule has 0 atom stereocenters. The van der Waals surface area contributed by atoms with Gasteiger partial charge in [0, 0.05) is 23.3 Å². The molecule has 1 aromatic carbocycles. The van der Waals surface area contributed by atoms with Crippen LogP contribution in [0.4, 0.5) is 5.82 Å². The van der Waals surface area contributed by atoms with Gasteiger partial charge in [0.15, 0.2) is 11.6 Å². The van der Waals surface area contributed by atoms with Crippen molar-refractivity contribution in [2.24, 2.45) is 0 Å². The molecule has 4 rings (SSSR count). The van der Waals surface area contributed by atoms with Crippen molar-refractivity contribution in [1.82, 2.24) is 20.3 Å².